The molecular weight excluding hydrogens is 282 g/mol. The van der Waals surface area contributed by atoms with Gasteiger partial charge in [0, 0.05) is 12.3 Å². The first kappa shape index (κ1) is 15.0. The Morgan fingerprint density at radius 3 is 2.86 bits per heavy atom. The summed E-state index contributed by atoms with van der Waals surface area (Å²) in [6.45, 7) is 2.22. The number of benzene rings is 1. The Kier molecular flexibility index (Phi) is 5.31. The third kappa shape index (κ3) is 3.86. The molecule has 3 rings (SSSR count). The average molecular weight is 307 g/mol. The second kappa shape index (κ2) is 7.41. The fourth-order valence-corrected chi connectivity index (χ4v) is 4.19. The molecule has 0 bridgehead atoms. The quantitative estimate of drug-likeness (QED) is 0.923. The van der Waals surface area contributed by atoms with Crippen molar-refractivity contribution in [2.24, 2.45) is 0 Å². The van der Waals surface area contributed by atoms with Gasteiger partial charge in [0.2, 0.25) is 0 Å². The van der Waals surface area contributed by atoms with E-state index in [1.807, 2.05) is 11.8 Å². The molecule has 0 aromatic heterocycles. The number of ether oxygens (including phenoxy) is 2. The maximum atomic E-state index is 6.24. The summed E-state index contributed by atoms with van der Waals surface area (Å²) in [6.07, 6.45) is 5.26. The fraction of sp³-hybridized carbons (Fsp3) is 0.647. The predicted molar refractivity (Wildman–Crippen MR) is 88.8 cm³/mol. The summed E-state index contributed by atoms with van der Waals surface area (Å²) in [7, 11) is 1.72. The predicted octanol–water partition coefficient (Wildman–Crippen LogP) is 3.44. The first-order valence-electron chi connectivity index (χ1n) is 8.00. The van der Waals surface area contributed by atoms with Crippen LogP contribution in [0.2, 0.25) is 0 Å². The van der Waals surface area contributed by atoms with Crippen molar-refractivity contribution in [2.45, 2.75) is 37.7 Å². The summed E-state index contributed by atoms with van der Waals surface area (Å²) in [4.78, 5) is 0. The summed E-state index contributed by atoms with van der Waals surface area (Å²) in [5.74, 6) is 4.75. The Hall–Kier alpha value is -0.870. The third-order valence-corrected chi connectivity index (χ3v) is 5.55. The molecule has 0 spiro atoms. The molecule has 1 N–H and O–H groups in total. The van der Waals surface area contributed by atoms with Crippen LogP contribution in [0, 0.1) is 0 Å². The van der Waals surface area contributed by atoms with Crippen LogP contribution in [0.25, 0.3) is 0 Å². The molecule has 2 atom stereocenters. The lowest BCUT2D eigenvalue weighted by molar-refractivity contribution is 0.202. The molecule has 0 aliphatic carbocycles. The molecule has 1 aromatic rings. The summed E-state index contributed by atoms with van der Waals surface area (Å²) in [6, 6.07) is 6.46. The fourth-order valence-electron chi connectivity index (χ4n) is 3.16. The lowest BCUT2D eigenvalue weighted by atomic mass is 9.91. The van der Waals surface area contributed by atoms with E-state index in [2.05, 4.69) is 23.5 Å². The van der Waals surface area contributed by atoms with E-state index in [9.17, 15) is 0 Å². The van der Waals surface area contributed by atoms with Crippen LogP contribution < -0.4 is 14.8 Å². The Morgan fingerprint density at radius 1 is 1.19 bits per heavy atom. The summed E-state index contributed by atoms with van der Waals surface area (Å²) in [5.41, 5.74) is 1.38. The zero-order valence-electron chi connectivity index (χ0n) is 12.8. The molecule has 4 heteroatoms. The Bertz CT molecular complexity index is 454. The zero-order chi connectivity index (χ0) is 14.5. The highest BCUT2D eigenvalue weighted by Crippen LogP contribution is 2.35. The highest BCUT2D eigenvalue weighted by Gasteiger charge is 2.20. The van der Waals surface area contributed by atoms with Gasteiger partial charge in [0.05, 0.1) is 7.11 Å². The second-order valence-electron chi connectivity index (χ2n) is 5.91. The largest absolute Gasteiger partial charge is 0.493 e. The number of hydrogen-bond donors (Lipinski definition) is 1. The van der Waals surface area contributed by atoms with E-state index < -0.39 is 0 Å². The van der Waals surface area contributed by atoms with Gasteiger partial charge < -0.3 is 14.8 Å². The zero-order valence-corrected chi connectivity index (χ0v) is 13.6. The van der Waals surface area contributed by atoms with Crippen molar-refractivity contribution in [1.29, 1.82) is 0 Å². The molecule has 116 valence electrons. The van der Waals surface area contributed by atoms with Crippen LogP contribution in [-0.2, 0) is 0 Å². The number of thioether (sulfide) groups is 1. The molecule has 2 unspecified atom stereocenters. The molecule has 3 nitrogen and oxygen atoms in total. The van der Waals surface area contributed by atoms with E-state index in [1.54, 1.807) is 7.11 Å². The van der Waals surface area contributed by atoms with Crippen molar-refractivity contribution >= 4 is 11.8 Å². The first-order valence-corrected chi connectivity index (χ1v) is 9.15. The lowest BCUT2D eigenvalue weighted by Gasteiger charge is -2.26. The van der Waals surface area contributed by atoms with Crippen LogP contribution in [0.15, 0.2) is 18.2 Å². The maximum Gasteiger partial charge on any atom is 0.161 e. The molecule has 2 saturated heterocycles. The van der Waals surface area contributed by atoms with Crippen LogP contribution in [0.5, 0.6) is 11.5 Å². The van der Waals surface area contributed by atoms with E-state index in [4.69, 9.17) is 9.47 Å². The van der Waals surface area contributed by atoms with Crippen molar-refractivity contribution in [1.82, 2.24) is 5.32 Å². The Labute approximate surface area is 131 Å². The molecular formula is C17H25NO2S. The highest BCUT2D eigenvalue weighted by atomic mass is 32.2. The third-order valence-electron chi connectivity index (χ3n) is 4.37. The van der Waals surface area contributed by atoms with E-state index in [1.165, 1.54) is 30.6 Å². The van der Waals surface area contributed by atoms with Crippen molar-refractivity contribution in [2.75, 3.05) is 31.7 Å². The van der Waals surface area contributed by atoms with Crippen molar-refractivity contribution in [3.8, 4) is 11.5 Å². The maximum absolute atomic E-state index is 6.24. The van der Waals surface area contributed by atoms with Crippen molar-refractivity contribution in [3.05, 3.63) is 23.8 Å². The van der Waals surface area contributed by atoms with Gasteiger partial charge in [-0.05, 0) is 61.6 Å². The number of piperidine rings is 1. The van der Waals surface area contributed by atoms with Crippen molar-refractivity contribution in [3.63, 3.8) is 0 Å². The molecule has 2 fully saturated rings. The van der Waals surface area contributed by atoms with Crippen LogP contribution in [0.3, 0.4) is 0 Å². The summed E-state index contributed by atoms with van der Waals surface area (Å²) >= 11 is 1.99. The molecule has 0 amide bonds. The monoisotopic (exact) mass is 307 g/mol. The minimum absolute atomic E-state index is 0.331. The number of nitrogens with one attached hydrogen (secondary N) is 1. The molecule has 2 heterocycles. The van der Waals surface area contributed by atoms with Crippen LogP contribution >= 0.6 is 11.8 Å². The SMILES string of the molecule is COc1ccc(C2CCCNC2)cc1OC1CCCSC1. The standard InChI is InChI=1S/C17H25NO2S/c1-19-16-7-6-13(14-4-2-8-18-11-14)10-17(16)20-15-5-3-9-21-12-15/h6-7,10,14-15,18H,2-5,8-9,11-12H2,1H3. The minimum Gasteiger partial charge on any atom is -0.493 e. The van der Waals surface area contributed by atoms with Crippen LogP contribution in [0.4, 0.5) is 0 Å². The molecule has 1 aromatic carbocycles. The smallest absolute Gasteiger partial charge is 0.161 e. The molecule has 0 radical (unpaired) electrons. The number of methoxy groups -OCH3 is 1. The van der Waals surface area contributed by atoms with Gasteiger partial charge in [-0.25, -0.2) is 0 Å². The van der Waals surface area contributed by atoms with Gasteiger partial charge in [-0.15, -0.1) is 0 Å². The highest BCUT2D eigenvalue weighted by molar-refractivity contribution is 7.99. The summed E-state index contributed by atoms with van der Waals surface area (Å²) < 4.78 is 11.7. The van der Waals surface area contributed by atoms with E-state index in [0.29, 0.717) is 12.0 Å². The van der Waals surface area contributed by atoms with Gasteiger partial charge in [-0.2, -0.15) is 11.8 Å². The first-order chi connectivity index (χ1) is 10.4. The van der Waals surface area contributed by atoms with E-state index in [0.717, 1.165) is 36.8 Å². The molecule has 2 aliphatic heterocycles. The molecule has 2 aliphatic rings. The van der Waals surface area contributed by atoms with Gasteiger partial charge in [-0.3, -0.25) is 0 Å². The van der Waals surface area contributed by atoms with Gasteiger partial charge >= 0.3 is 0 Å². The van der Waals surface area contributed by atoms with Crippen LogP contribution in [-0.4, -0.2) is 37.8 Å². The topological polar surface area (TPSA) is 30.5 Å². The summed E-state index contributed by atoms with van der Waals surface area (Å²) in [5, 5.41) is 3.49. The van der Waals surface area contributed by atoms with E-state index >= 15 is 0 Å². The Morgan fingerprint density at radius 2 is 2.14 bits per heavy atom. The van der Waals surface area contributed by atoms with Crippen molar-refractivity contribution < 1.29 is 9.47 Å². The second-order valence-corrected chi connectivity index (χ2v) is 7.06. The average Bonchev–Trinajstić information content (AvgIpc) is 2.56. The number of hydrogen-bond acceptors (Lipinski definition) is 4. The number of rotatable bonds is 4. The van der Waals surface area contributed by atoms with E-state index in [-0.39, 0.29) is 0 Å². The van der Waals surface area contributed by atoms with Gasteiger partial charge in [0.15, 0.2) is 11.5 Å². The van der Waals surface area contributed by atoms with Gasteiger partial charge in [-0.1, -0.05) is 6.07 Å². The Balaban J connectivity index is 1.75. The normalized spacial score (nSPS) is 26.3. The van der Waals surface area contributed by atoms with Gasteiger partial charge in [0.1, 0.15) is 6.10 Å². The minimum atomic E-state index is 0.331. The van der Waals surface area contributed by atoms with Gasteiger partial charge in [0.25, 0.3) is 0 Å². The van der Waals surface area contributed by atoms with Crippen LogP contribution in [0.1, 0.15) is 37.2 Å². The lowest BCUT2D eigenvalue weighted by Crippen LogP contribution is -2.28. The molecule has 0 saturated carbocycles. The molecule has 21 heavy (non-hydrogen) atoms.